The van der Waals surface area contributed by atoms with E-state index in [1.54, 1.807) is 0 Å². The molecule has 0 aliphatic carbocycles. The van der Waals surface area contributed by atoms with E-state index in [0.717, 1.165) is 11.4 Å². The SMILES string of the molecule is Cc1ccc(SCc2ccccc2N)cc1C. The summed E-state index contributed by atoms with van der Waals surface area (Å²) in [5.41, 5.74) is 10.7. The fraction of sp³-hybridized carbons (Fsp3) is 0.200. The maximum atomic E-state index is 5.93. The summed E-state index contributed by atoms with van der Waals surface area (Å²) in [5, 5.41) is 0. The lowest BCUT2D eigenvalue weighted by Gasteiger charge is -2.07. The molecule has 2 aromatic carbocycles. The summed E-state index contributed by atoms with van der Waals surface area (Å²) in [7, 11) is 0. The Labute approximate surface area is 107 Å². The lowest BCUT2D eigenvalue weighted by atomic mass is 10.1. The summed E-state index contributed by atoms with van der Waals surface area (Å²) in [5.74, 6) is 0.926. The Morgan fingerprint density at radius 2 is 1.76 bits per heavy atom. The van der Waals surface area contributed by atoms with Crippen LogP contribution in [0, 0.1) is 13.8 Å². The Morgan fingerprint density at radius 1 is 1.00 bits per heavy atom. The minimum atomic E-state index is 0.879. The van der Waals surface area contributed by atoms with Gasteiger partial charge >= 0.3 is 0 Å². The third kappa shape index (κ3) is 3.04. The van der Waals surface area contributed by atoms with E-state index in [2.05, 4.69) is 38.1 Å². The van der Waals surface area contributed by atoms with E-state index in [0.29, 0.717) is 0 Å². The second kappa shape index (κ2) is 5.28. The van der Waals surface area contributed by atoms with Gasteiger partial charge < -0.3 is 5.73 Å². The summed E-state index contributed by atoms with van der Waals surface area (Å²) in [6.45, 7) is 4.29. The van der Waals surface area contributed by atoms with Gasteiger partial charge in [0.25, 0.3) is 0 Å². The van der Waals surface area contributed by atoms with Gasteiger partial charge in [-0.1, -0.05) is 24.3 Å². The Hall–Kier alpha value is -1.41. The van der Waals surface area contributed by atoms with Gasteiger partial charge in [-0.15, -0.1) is 11.8 Å². The van der Waals surface area contributed by atoms with Gasteiger partial charge in [-0.3, -0.25) is 0 Å². The van der Waals surface area contributed by atoms with Crippen molar-refractivity contribution in [1.29, 1.82) is 0 Å². The molecule has 2 rings (SSSR count). The van der Waals surface area contributed by atoms with Crippen LogP contribution in [0.15, 0.2) is 47.4 Å². The molecule has 0 aromatic heterocycles. The molecule has 0 saturated carbocycles. The lowest BCUT2D eigenvalue weighted by molar-refractivity contribution is 1.27. The second-order valence-electron chi connectivity index (χ2n) is 4.23. The number of para-hydroxylation sites is 1. The van der Waals surface area contributed by atoms with Gasteiger partial charge in [0, 0.05) is 16.3 Å². The molecule has 0 heterocycles. The number of rotatable bonds is 3. The Balaban J connectivity index is 2.08. The van der Waals surface area contributed by atoms with Gasteiger partial charge in [0.2, 0.25) is 0 Å². The number of hydrogen-bond acceptors (Lipinski definition) is 2. The zero-order chi connectivity index (χ0) is 12.3. The van der Waals surface area contributed by atoms with E-state index >= 15 is 0 Å². The van der Waals surface area contributed by atoms with Gasteiger partial charge in [0.05, 0.1) is 0 Å². The van der Waals surface area contributed by atoms with E-state index in [1.807, 2.05) is 30.0 Å². The third-order valence-electron chi connectivity index (χ3n) is 2.93. The molecule has 0 spiro atoms. The van der Waals surface area contributed by atoms with E-state index in [9.17, 15) is 0 Å². The number of thioether (sulfide) groups is 1. The minimum Gasteiger partial charge on any atom is -0.398 e. The first-order chi connectivity index (χ1) is 8.16. The molecule has 2 heteroatoms. The van der Waals surface area contributed by atoms with Crippen molar-refractivity contribution in [2.45, 2.75) is 24.5 Å². The van der Waals surface area contributed by atoms with Crippen LogP contribution in [-0.2, 0) is 5.75 Å². The normalized spacial score (nSPS) is 10.5. The van der Waals surface area contributed by atoms with Crippen molar-refractivity contribution in [3.8, 4) is 0 Å². The van der Waals surface area contributed by atoms with Crippen LogP contribution < -0.4 is 5.73 Å². The fourth-order valence-corrected chi connectivity index (χ4v) is 2.64. The van der Waals surface area contributed by atoms with Crippen molar-refractivity contribution >= 4 is 17.4 Å². The van der Waals surface area contributed by atoms with E-state index < -0.39 is 0 Å². The van der Waals surface area contributed by atoms with Crippen molar-refractivity contribution in [1.82, 2.24) is 0 Å². The number of aryl methyl sites for hydroxylation is 2. The van der Waals surface area contributed by atoms with Crippen LogP contribution in [0.5, 0.6) is 0 Å². The van der Waals surface area contributed by atoms with E-state index in [1.165, 1.54) is 21.6 Å². The molecule has 17 heavy (non-hydrogen) atoms. The van der Waals surface area contributed by atoms with Crippen LogP contribution in [0.2, 0.25) is 0 Å². The molecule has 0 atom stereocenters. The summed E-state index contributed by atoms with van der Waals surface area (Å²) >= 11 is 1.83. The Morgan fingerprint density at radius 3 is 2.47 bits per heavy atom. The summed E-state index contributed by atoms with van der Waals surface area (Å²) in [6.07, 6.45) is 0. The summed E-state index contributed by atoms with van der Waals surface area (Å²) in [6, 6.07) is 14.6. The minimum absolute atomic E-state index is 0.879. The predicted molar refractivity (Wildman–Crippen MR) is 76.3 cm³/mol. The van der Waals surface area contributed by atoms with Crippen molar-refractivity contribution in [3.63, 3.8) is 0 Å². The molecule has 88 valence electrons. The number of nitrogens with two attached hydrogens (primary N) is 1. The molecule has 0 aliphatic heterocycles. The molecule has 2 N–H and O–H groups in total. The molecular formula is C15H17NS. The molecule has 2 aromatic rings. The quantitative estimate of drug-likeness (QED) is 0.646. The number of hydrogen-bond donors (Lipinski definition) is 1. The summed E-state index contributed by atoms with van der Waals surface area (Å²) < 4.78 is 0. The van der Waals surface area contributed by atoms with Crippen LogP contribution in [0.3, 0.4) is 0 Å². The van der Waals surface area contributed by atoms with Crippen molar-refractivity contribution in [2.75, 3.05) is 5.73 Å². The summed E-state index contributed by atoms with van der Waals surface area (Å²) in [4.78, 5) is 1.30. The topological polar surface area (TPSA) is 26.0 Å². The average molecular weight is 243 g/mol. The van der Waals surface area contributed by atoms with E-state index in [-0.39, 0.29) is 0 Å². The third-order valence-corrected chi connectivity index (χ3v) is 3.97. The van der Waals surface area contributed by atoms with Crippen LogP contribution >= 0.6 is 11.8 Å². The smallest absolute Gasteiger partial charge is 0.0355 e. The highest BCUT2D eigenvalue weighted by molar-refractivity contribution is 7.98. The molecule has 0 amide bonds. The monoisotopic (exact) mass is 243 g/mol. The molecule has 0 fully saturated rings. The second-order valence-corrected chi connectivity index (χ2v) is 5.28. The fourth-order valence-electron chi connectivity index (χ4n) is 1.63. The van der Waals surface area contributed by atoms with Crippen molar-refractivity contribution in [2.24, 2.45) is 0 Å². The zero-order valence-electron chi connectivity index (χ0n) is 10.2. The highest BCUT2D eigenvalue weighted by atomic mass is 32.2. The molecule has 0 unspecified atom stereocenters. The average Bonchev–Trinajstić information content (AvgIpc) is 2.32. The standard InChI is InChI=1S/C15H17NS/c1-11-7-8-14(9-12(11)2)17-10-13-5-3-4-6-15(13)16/h3-9H,10,16H2,1-2H3. The lowest BCUT2D eigenvalue weighted by Crippen LogP contribution is -1.91. The Kier molecular flexibility index (Phi) is 3.75. The van der Waals surface area contributed by atoms with Crippen LogP contribution in [0.1, 0.15) is 16.7 Å². The molecule has 0 aliphatic rings. The van der Waals surface area contributed by atoms with Crippen LogP contribution in [0.4, 0.5) is 5.69 Å². The zero-order valence-corrected chi connectivity index (χ0v) is 11.1. The van der Waals surface area contributed by atoms with Crippen LogP contribution in [-0.4, -0.2) is 0 Å². The highest BCUT2D eigenvalue weighted by Crippen LogP contribution is 2.26. The molecule has 0 bridgehead atoms. The van der Waals surface area contributed by atoms with Gasteiger partial charge in [-0.05, 0) is 48.7 Å². The van der Waals surface area contributed by atoms with Crippen LogP contribution in [0.25, 0.3) is 0 Å². The number of benzene rings is 2. The predicted octanol–water partition coefficient (Wildman–Crippen LogP) is 4.18. The highest BCUT2D eigenvalue weighted by Gasteiger charge is 2.01. The largest absolute Gasteiger partial charge is 0.398 e. The first-order valence-electron chi connectivity index (χ1n) is 5.70. The first-order valence-corrected chi connectivity index (χ1v) is 6.69. The van der Waals surface area contributed by atoms with Gasteiger partial charge in [0.1, 0.15) is 0 Å². The van der Waals surface area contributed by atoms with Gasteiger partial charge in [-0.2, -0.15) is 0 Å². The maximum Gasteiger partial charge on any atom is 0.0355 e. The van der Waals surface area contributed by atoms with Gasteiger partial charge in [0.15, 0.2) is 0 Å². The van der Waals surface area contributed by atoms with Crippen molar-refractivity contribution < 1.29 is 0 Å². The molecule has 1 nitrogen and oxygen atoms in total. The molecular weight excluding hydrogens is 226 g/mol. The van der Waals surface area contributed by atoms with Crippen molar-refractivity contribution in [3.05, 3.63) is 59.2 Å². The van der Waals surface area contributed by atoms with E-state index in [4.69, 9.17) is 5.73 Å². The number of nitrogen functional groups attached to an aromatic ring is 1. The van der Waals surface area contributed by atoms with Gasteiger partial charge in [-0.25, -0.2) is 0 Å². The molecule has 0 saturated heterocycles. The number of anilines is 1. The maximum absolute atomic E-state index is 5.93. The first kappa shape index (κ1) is 12.1. The Bertz CT molecular complexity index is 520. The molecule has 0 radical (unpaired) electrons.